The monoisotopic (exact) mass is 273 g/mol. The first-order chi connectivity index (χ1) is 8.25. The Labute approximate surface area is 112 Å². The SMILES string of the molecule is Clc1ccc(COC[C@@H]2CCCCN2)c(Cl)c1. The molecule has 0 aliphatic carbocycles. The molecular weight excluding hydrogens is 257 g/mol. The van der Waals surface area contributed by atoms with Crippen LogP contribution in [0.3, 0.4) is 0 Å². The van der Waals surface area contributed by atoms with Crippen molar-refractivity contribution in [3.63, 3.8) is 0 Å². The number of ether oxygens (including phenoxy) is 1. The zero-order valence-corrected chi connectivity index (χ0v) is 11.2. The van der Waals surface area contributed by atoms with Gasteiger partial charge in [-0.05, 0) is 37.1 Å². The van der Waals surface area contributed by atoms with Crippen molar-refractivity contribution in [2.45, 2.75) is 31.9 Å². The lowest BCUT2D eigenvalue weighted by atomic mass is 10.1. The molecule has 1 fully saturated rings. The number of halogens is 2. The molecule has 0 aromatic heterocycles. The van der Waals surface area contributed by atoms with Gasteiger partial charge < -0.3 is 10.1 Å². The van der Waals surface area contributed by atoms with E-state index in [1.54, 1.807) is 6.07 Å². The molecule has 1 aromatic carbocycles. The second-order valence-corrected chi connectivity index (χ2v) is 5.24. The summed E-state index contributed by atoms with van der Waals surface area (Å²) in [6.07, 6.45) is 3.77. The number of hydrogen-bond acceptors (Lipinski definition) is 2. The quantitative estimate of drug-likeness (QED) is 0.904. The van der Waals surface area contributed by atoms with Gasteiger partial charge in [0, 0.05) is 16.1 Å². The van der Waals surface area contributed by atoms with Crippen molar-refractivity contribution < 1.29 is 4.74 Å². The third kappa shape index (κ3) is 4.14. The fourth-order valence-electron chi connectivity index (χ4n) is 2.02. The Morgan fingerprint density at radius 2 is 2.18 bits per heavy atom. The van der Waals surface area contributed by atoms with E-state index in [1.165, 1.54) is 19.3 Å². The van der Waals surface area contributed by atoms with E-state index in [0.717, 1.165) is 18.7 Å². The molecule has 1 saturated heterocycles. The van der Waals surface area contributed by atoms with Crippen molar-refractivity contribution in [3.05, 3.63) is 33.8 Å². The average molecular weight is 274 g/mol. The molecule has 0 unspecified atom stereocenters. The Morgan fingerprint density at radius 3 is 2.88 bits per heavy atom. The average Bonchev–Trinajstić information content (AvgIpc) is 2.33. The second kappa shape index (κ2) is 6.60. The van der Waals surface area contributed by atoms with Crippen LogP contribution in [0, 0.1) is 0 Å². The summed E-state index contributed by atoms with van der Waals surface area (Å²) in [5, 5.41) is 4.78. The van der Waals surface area contributed by atoms with Gasteiger partial charge in [0.05, 0.1) is 13.2 Å². The van der Waals surface area contributed by atoms with Gasteiger partial charge in [-0.1, -0.05) is 35.7 Å². The number of benzene rings is 1. The molecule has 1 aliphatic rings. The van der Waals surface area contributed by atoms with Gasteiger partial charge in [-0.15, -0.1) is 0 Å². The summed E-state index contributed by atoms with van der Waals surface area (Å²) in [4.78, 5) is 0. The Kier molecular flexibility index (Phi) is 5.11. The molecule has 2 rings (SSSR count). The summed E-state index contributed by atoms with van der Waals surface area (Å²) >= 11 is 11.9. The van der Waals surface area contributed by atoms with Crippen molar-refractivity contribution in [1.29, 1.82) is 0 Å². The molecule has 4 heteroatoms. The molecule has 0 saturated carbocycles. The van der Waals surface area contributed by atoms with Crippen molar-refractivity contribution in [3.8, 4) is 0 Å². The van der Waals surface area contributed by atoms with Gasteiger partial charge in [0.2, 0.25) is 0 Å². The minimum atomic E-state index is 0.495. The van der Waals surface area contributed by atoms with E-state index in [-0.39, 0.29) is 0 Å². The summed E-state index contributed by atoms with van der Waals surface area (Å²) in [5.74, 6) is 0. The van der Waals surface area contributed by atoms with E-state index < -0.39 is 0 Å². The van der Waals surface area contributed by atoms with Crippen LogP contribution in [-0.4, -0.2) is 19.2 Å². The zero-order chi connectivity index (χ0) is 12.1. The summed E-state index contributed by atoms with van der Waals surface area (Å²) in [7, 11) is 0. The highest BCUT2D eigenvalue weighted by Crippen LogP contribution is 2.21. The Morgan fingerprint density at radius 1 is 1.29 bits per heavy atom. The Balaban J connectivity index is 1.77. The molecule has 0 bridgehead atoms. The van der Waals surface area contributed by atoms with Gasteiger partial charge in [-0.25, -0.2) is 0 Å². The van der Waals surface area contributed by atoms with Crippen LogP contribution in [0.4, 0.5) is 0 Å². The summed E-state index contributed by atoms with van der Waals surface area (Å²) in [6.45, 7) is 2.41. The summed E-state index contributed by atoms with van der Waals surface area (Å²) in [5.41, 5.74) is 0.992. The van der Waals surface area contributed by atoms with Crippen molar-refractivity contribution >= 4 is 23.2 Å². The number of piperidine rings is 1. The summed E-state index contributed by atoms with van der Waals surface area (Å²) in [6, 6.07) is 6.00. The van der Waals surface area contributed by atoms with Gasteiger partial charge in [0.1, 0.15) is 0 Å². The lowest BCUT2D eigenvalue weighted by molar-refractivity contribution is 0.0912. The van der Waals surface area contributed by atoms with Gasteiger partial charge in [-0.3, -0.25) is 0 Å². The Bertz CT molecular complexity index is 364. The van der Waals surface area contributed by atoms with Crippen LogP contribution in [-0.2, 0) is 11.3 Å². The van der Waals surface area contributed by atoms with Gasteiger partial charge in [0.25, 0.3) is 0 Å². The van der Waals surface area contributed by atoms with Crippen LogP contribution in [0.1, 0.15) is 24.8 Å². The summed E-state index contributed by atoms with van der Waals surface area (Å²) < 4.78 is 5.69. The van der Waals surface area contributed by atoms with Gasteiger partial charge in [-0.2, -0.15) is 0 Å². The van der Waals surface area contributed by atoms with E-state index in [2.05, 4.69) is 5.32 Å². The maximum atomic E-state index is 6.07. The van der Waals surface area contributed by atoms with Gasteiger partial charge in [0.15, 0.2) is 0 Å². The maximum absolute atomic E-state index is 6.07. The van der Waals surface area contributed by atoms with E-state index in [1.807, 2.05) is 12.1 Å². The molecule has 1 aliphatic heterocycles. The highest BCUT2D eigenvalue weighted by atomic mass is 35.5. The van der Waals surface area contributed by atoms with E-state index in [4.69, 9.17) is 27.9 Å². The topological polar surface area (TPSA) is 21.3 Å². The minimum absolute atomic E-state index is 0.495. The molecule has 1 heterocycles. The van der Waals surface area contributed by atoms with Crippen molar-refractivity contribution in [2.75, 3.05) is 13.2 Å². The van der Waals surface area contributed by atoms with Crippen LogP contribution in [0.15, 0.2) is 18.2 Å². The van der Waals surface area contributed by atoms with E-state index in [9.17, 15) is 0 Å². The predicted octanol–water partition coefficient (Wildman–Crippen LogP) is 3.65. The normalized spacial score (nSPS) is 20.5. The molecule has 2 nitrogen and oxygen atoms in total. The highest BCUT2D eigenvalue weighted by molar-refractivity contribution is 6.35. The first kappa shape index (κ1) is 13.2. The Hall–Kier alpha value is -0.280. The molecule has 0 spiro atoms. The molecule has 1 N–H and O–H groups in total. The van der Waals surface area contributed by atoms with Gasteiger partial charge >= 0.3 is 0 Å². The smallest absolute Gasteiger partial charge is 0.0732 e. The van der Waals surface area contributed by atoms with Crippen molar-refractivity contribution in [1.82, 2.24) is 5.32 Å². The molecule has 0 radical (unpaired) electrons. The van der Waals surface area contributed by atoms with Crippen molar-refractivity contribution in [2.24, 2.45) is 0 Å². The first-order valence-electron chi connectivity index (χ1n) is 6.01. The van der Waals surface area contributed by atoms with Crippen LogP contribution < -0.4 is 5.32 Å². The first-order valence-corrected chi connectivity index (χ1v) is 6.76. The molecule has 17 heavy (non-hydrogen) atoms. The minimum Gasteiger partial charge on any atom is -0.375 e. The van der Waals surface area contributed by atoms with Crippen LogP contribution >= 0.6 is 23.2 Å². The van der Waals surface area contributed by atoms with Crippen LogP contribution in [0.2, 0.25) is 10.0 Å². The molecule has 0 amide bonds. The van der Waals surface area contributed by atoms with E-state index in [0.29, 0.717) is 22.7 Å². The molecular formula is C13H17Cl2NO. The molecule has 94 valence electrons. The predicted molar refractivity (Wildman–Crippen MR) is 71.8 cm³/mol. The number of rotatable bonds is 4. The fraction of sp³-hybridized carbons (Fsp3) is 0.538. The third-order valence-electron chi connectivity index (χ3n) is 3.00. The largest absolute Gasteiger partial charge is 0.375 e. The fourth-order valence-corrected chi connectivity index (χ4v) is 2.48. The number of hydrogen-bond donors (Lipinski definition) is 1. The lowest BCUT2D eigenvalue weighted by Crippen LogP contribution is -2.37. The van der Waals surface area contributed by atoms with E-state index >= 15 is 0 Å². The maximum Gasteiger partial charge on any atom is 0.0732 e. The van der Waals surface area contributed by atoms with Crippen LogP contribution in [0.25, 0.3) is 0 Å². The molecule has 1 atom stereocenters. The standard InChI is InChI=1S/C13H17Cl2NO/c14-11-5-4-10(13(15)7-11)8-17-9-12-3-1-2-6-16-12/h4-5,7,12,16H,1-3,6,8-9H2/t12-/m0/s1. The zero-order valence-electron chi connectivity index (χ0n) is 9.72. The third-order valence-corrected chi connectivity index (χ3v) is 3.59. The highest BCUT2D eigenvalue weighted by Gasteiger charge is 2.12. The second-order valence-electron chi connectivity index (χ2n) is 4.40. The number of nitrogens with one attached hydrogen (secondary N) is 1. The lowest BCUT2D eigenvalue weighted by Gasteiger charge is -2.23. The van der Waals surface area contributed by atoms with Crippen LogP contribution in [0.5, 0.6) is 0 Å². The molecule has 1 aromatic rings.